The maximum absolute atomic E-state index is 13.3. The highest BCUT2D eigenvalue weighted by Crippen LogP contribution is 2.26. The third-order valence-electron chi connectivity index (χ3n) is 3.34. The zero-order valence-corrected chi connectivity index (χ0v) is 12.5. The van der Waals surface area contributed by atoms with E-state index in [2.05, 4.69) is 23.9 Å². The van der Waals surface area contributed by atoms with Gasteiger partial charge in [0.1, 0.15) is 5.82 Å². The molecule has 0 aromatic heterocycles. The molecule has 20 heavy (non-hydrogen) atoms. The number of benzene rings is 1. The maximum atomic E-state index is 13.3. The normalized spacial score (nSPS) is 24.9. The summed E-state index contributed by atoms with van der Waals surface area (Å²) in [6, 6.07) is 4.44. The van der Waals surface area contributed by atoms with Crippen molar-refractivity contribution in [1.82, 2.24) is 4.90 Å². The number of nitrogens with two attached hydrogens (primary N) is 1. The predicted octanol–water partition coefficient (Wildman–Crippen LogP) is 2.25. The molecule has 0 bridgehead atoms. The second kappa shape index (κ2) is 6.45. The molecule has 1 aromatic carbocycles. The molecule has 1 aliphatic heterocycles. The summed E-state index contributed by atoms with van der Waals surface area (Å²) in [5.41, 5.74) is 6.98. The first-order valence-electron chi connectivity index (χ1n) is 6.63. The fraction of sp³-hybridized carbons (Fsp3) is 0.500. The van der Waals surface area contributed by atoms with E-state index in [1.807, 2.05) is 11.8 Å². The van der Waals surface area contributed by atoms with Gasteiger partial charge in [-0.3, -0.25) is 4.90 Å². The fourth-order valence-corrected chi connectivity index (χ4v) is 4.02. The van der Waals surface area contributed by atoms with Crippen molar-refractivity contribution >= 4 is 17.6 Å². The van der Waals surface area contributed by atoms with Gasteiger partial charge in [0.25, 0.3) is 0 Å². The number of oxime groups is 1. The fourth-order valence-electron chi connectivity index (χ4n) is 2.63. The summed E-state index contributed by atoms with van der Waals surface area (Å²) in [5.74, 6) is -0.432. The largest absolute Gasteiger partial charge is 0.409 e. The molecule has 110 valence electrons. The molecule has 1 aromatic rings. The van der Waals surface area contributed by atoms with Gasteiger partial charge in [0.05, 0.1) is 0 Å². The molecular weight excluding hydrogens is 277 g/mol. The Morgan fingerprint density at radius 3 is 2.70 bits per heavy atom. The molecule has 4 nitrogen and oxygen atoms in total. The quantitative estimate of drug-likeness (QED) is 0.389. The van der Waals surface area contributed by atoms with Crippen LogP contribution in [0.2, 0.25) is 0 Å². The van der Waals surface area contributed by atoms with Crippen LogP contribution >= 0.6 is 11.8 Å². The van der Waals surface area contributed by atoms with Gasteiger partial charge in [-0.1, -0.05) is 25.1 Å². The second-order valence-electron chi connectivity index (χ2n) is 5.24. The van der Waals surface area contributed by atoms with Gasteiger partial charge in [-0.2, -0.15) is 11.8 Å². The van der Waals surface area contributed by atoms with Gasteiger partial charge in [0.15, 0.2) is 5.84 Å². The maximum Gasteiger partial charge on any atom is 0.170 e. The molecule has 0 radical (unpaired) electrons. The third kappa shape index (κ3) is 3.64. The topological polar surface area (TPSA) is 61.8 Å². The number of halogens is 1. The van der Waals surface area contributed by atoms with E-state index < -0.39 is 0 Å². The van der Waals surface area contributed by atoms with E-state index in [-0.39, 0.29) is 11.7 Å². The Labute approximate surface area is 122 Å². The second-order valence-corrected chi connectivity index (χ2v) is 7.12. The molecule has 1 heterocycles. The molecule has 0 aliphatic carbocycles. The van der Waals surface area contributed by atoms with Crippen LogP contribution in [0, 0.1) is 5.82 Å². The highest BCUT2D eigenvalue weighted by atomic mass is 32.2. The van der Waals surface area contributed by atoms with Crippen molar-refractivity contribution in [3.05, 3.63) is 35.1 Å². The van der Waals surface area contributed by atoms with Crippen LogP contribution in [0.5, 0.6) is 0 Å². The molecule has 6 heteroatoms. The molecule has 2 rings (SSSR count). The first-order chi connectivity index (χ1) is 9.49. The average Bonchev–Trinajstić information content (AvgIpc) is 2.38. The Bertz CT molecular complexity index is 499. The molecular formula is C14H20FN3OS. The smallest absolute Gasteiger partial charge is 0.170 e. The molecule has 2 unspecified atom stereocenters. The highest BCUT2D eigenvalue weighted by molar-refractivity contribution is 8.00. The van der Waals surface area contributed by atoms with Crippen molar-refractivity contribution in [2.45, 2.75) is 30.9 Å². The molecule has 0 spiro atoms. The van der Waals surface area contributed by atoms with Crippen molar-refractivity contribution in [2.75, 3.05) is 13.1 Å². The Morgan fingerprint density at radius 2 is 2.10 bits per heavy atom. The SMILES string of the molecule is CC1CN(Cc2ccc(F)cc2C(N)=NO)CC(C)S1. The summed E-state index contributed by atoms with van der Waals surface area (Å²) in [5, 5.41) is 13.0. The Morgan fingerprint density at radius 1 is 1.45 bits per heavy atom. The van der Waals surface area contributed by atoms with Crippen LogP contribution in [-0.2, 0) is 6.54 Å². The minimum atomic E-state index is -0.383. The average molecular weight is 297 g/mol. The summed E-state index contributed by atoms with van der Waals surface area (Å²) in [6.45, 7) is 7.08. The first-order valence-corrected chi connectivity index (χ1v) is 7.58. The van der Waals surface area contributed by atoms with E-state index in [1.54, 1.807) is 6.07 Å². The molecule has 1 aliphatic rings. The number of hydrogen-bond donors (Lipinski definition) is 2. The molecule has 1 saturated heterocycles. The number of amidine groups is 1. The van der Waals surface area contributed by atoms with Crippen molar-refractivity contribution in [1.29, 1.82) is 0 Å². The number of thioether (sulfide) groups is 1. The Kier molecular flexibility index (Phi) is 4.88. The van der Waals surface area contributed by atoms with Crippen LogP contribution in [0.25, 0.3) is 0 Å². The van der Waals surface area contributed by atoms with Gasteiger partial charge >= 0.3 is 0 Å². The third-order valence-corrected chi connectivity index (χ3v) is 4.57. The lowest BCUT2D eigenvalue weighted by Gasteiger charge is -2.34. The first kappa shape index (κ1) is 15.1. The molecule has 1 fully saturated rings. The van der Waals surface area contributed by atoms with Crippen molar-refractivity contribution in [2.24, 2.45) is 10.9 Å². The van der Waals surface area contributed by atoms with Gasteiger partial charge in [0.2, 0.25) is 0 Å². The zero-order chi connectivity index (χ0) is 14.7. The van der Waals surface area contributed by atoms with Crippen molar-refractivity contribution < 1.29 is 9.60 Å². The Balaban J connectivity index is 2.20. The highest BCUT2D eigenvalue weighted by Gasteiger charge is 2.23. The molecule has 0 amide bonds. The van der Waals surface area contributed by atoms with E-state index in [0.717, 1.165) is 18.7 Å². The van der Waals surface area contributed by atoms with Gasteiger partial charge in [-0.05, 0) is 17.7 Å². The van der Waals surface area contributed by atoms with Crippen LogP contribution in [0.4, 0.5) is 4.39 Å². The van der Waals surface area contributed by atoms with E-state index in [0.29, 0.717) is 22.6 Å². The van der Waals surface area contributed by atoms with Gasteiger partial charge in [0, 0.05) is 35.7 Å². The molecule has 0 saturated carbocycles. The van der Waals surface area contributed by atoms with Crippen LogP contribution in [0.3, 0.4) is 0 Å². The number of hydrogen-bond acceptors (Lipinski definition) is 4. The van der Waals surface area contributed by atoms with Crippen molar-refractivity contribution in [3.8, 4) is 0 Å². The van der Waals surface area contributed by atoms with E-state index >= 15 is 0 Å². The zero-order valence-electron chi connectivity index (χ0n) is 11.7. The van der Waals surface area contributed by atoms with E-state index in [4.69, 9.17) is 10.9 Å². The lowest BCUT2D eigenvalue weighted by molar-refractivity contribution is 0.262. The van der Waals surface area contributed by atoms with Crippen LogP contribution in [-0.4, -0.2) is 39.5 Å². The predicted molar refractivity (Wildman–Crippen MR) is 80.7 cm³/mol. The van der Waals surface area contributed by atoms with Crippen LogP contribution < -0.4 is 5.73 Å². The van der Waals surface area contributed by atoms with Crippen LogP contribution in [0.15, 0.2) is 23.4 Å². The van der Waals surface area contributed by atoms with E-state index in [1.165, 1.54) is 12.1 Å². The van der Waals surface area contributed by atoms with Crippen molar-refractivity contribution in [3.63, 3.8) is 0 Å². The van der Waals surface area contributed by atoms with Crippen LogP contribution in [0.1, 0.15) is 25.0 Å². The van der Waals surface area contributed by atoms with Gasteiger partial charge in [-0.15, -0.1) is 0 Å². The number of rotatable bonds is 3. The lowest BCUT2D eigenvalue weighted by atomic mass is 10.1. The number of nitrogens with zero attached hydrogens (tertiary/aromatic N) is 2. The Hall–Kier alpha value is -1.27. The summed E-state index contributed by atoms with van der Waals surface area (Å²) in [7, 11) is 0. The summed E-state index contributed by atoms with van der Waals surface area (Å²) >= 11 is 1.98. The summed E-state index contributed by atoms with van der Waals surface area (Å²) < 4.78 is 13.3. The minimum Gasteiger partial charge on any atom is -0.409 e. The lowest BCUT2D eigenvalue weighted by Crippen LogP contribution is -2.40. The van der Waals surface area contributed by atoms with Gasteiger partial charge < -0.3 is 10.9 Å². The molecule has 3 N–H and O–H groups in total. The minimum absolute atomic E-state index is 0.0491. The summed E-state index contributed by atoms with van der Waals surface area (Å²) in [6.07, 6.45) is 0. The van der Waals surface area contributed by atoms with Gasteiger partial charge in [-0.25, -0.2) is 4.39 Å². The summed E-state index contributed by atoms with van der Waals surface area (Å²) in [4.78, 5) is 2.33. The standard InChI is InChI=1S/C14H20FN3OS/c1-9-6-18(7-10(2)20-9)8-11-3-4-12(15)5-13(11)14(16)17-19/h3-5,9-10,19H,6-8H2,1-2H3,(H2,16,17). The monoisotopic (exact) mass is 297 g/mol. The molecule has 2 atom stereocenters. The van der Waals surface area contributed by atoms with E-state index in [9.17, 15) is 4.39 Å².